The standard InChI is InChI=1S/C23H23ClN4O3/c1-14-6-8-16(24)11-18(14)27-21(29)13-28-20-9-7-15(10-19(20)25-12-22(28)30)23(31)26-17-4-2-3-5-17/h6-12,17H,2-5,13H2,1H3,(H,26,31)(H,27,29). The molecule has 2 aromatic carbocycles. The molecule has 31 heavy (non-hydrogen) atoms. The van der Waals surface area contributed by atoms with Crippen molar-refractivity contribution in [3.63, 3.8) is 0 Å². The third kappa shape index (κ3) is 4.77. The first-order chi connectivity index (χ1) is 14.9. The van der Waals surface area contributed by atoms with Gasteiger partial charge in [0.25, 0.3) is 11.5 Å². The molecular formula is C23H23ClN4O3. The SMILES string of the molecule is Cc1ccc(Cl)cc1NC(=O)Cn1c(=O)cnc2cc(C(=O)NC3CCCC3)ccc21. The third-order valence-corrected chi connectivity index (χ3v) is 5.81. The molecule has 1 aromatic heterocycles. The first-order valence-electron chi connectivity index (χ1n) is 10.3. The second kappa shape index (κ2) is 8.89. The predicted octanol–water partition coefficient (Wildman–Crippen LogP) is 3.67. The van der Waals surface area contributed by atoms with Gasteiger partial charge in [0, 0.05) is 22.3 Å². The average Bonchev–Trinajstić information content (AvgIpc) is 3.25. The predicted molar refractivity (Wildman–Crippen MR) is 121 cm³/mol. The molecule has 1 saturated carbocycles. The summed E-state index contributed by atoms with van der Waals surface area (Å²) in [5, 5.41) is 6.35. The van der Waals surface area contributed by atoms with E-state index in [2.05, 4.69) is 15.6 Å². The smallest absolute Gasteiger partial charge is 0.269 e. The molecule has 2 N–H and O–H groups in total. The van der Waals surface area contributed by atoms with E-state index in [0.29, 0.717) is 27.3 Å². The normalized spacial score (nSPS) is 14.0. The topological polar surface area (TPSA) is 93.1 Å². The van der Waals surface area contributed by atoms with Crippen molar-refractivity contribution >= 4 is 40.1 Å². The van der Waals surface area contributed by atoms with Crippen LogP contribution in [0.4, 0.5) is 5.69 Å². The highest BCUT2D eigenvalue weighted by Gasteiger charge is 2.19. The van der Waals surface area contributed by atoms with Gasteiger partial charge in [-0.15, -0.1) is 0 Å². The minimum Gasteiger partial charge on any atom is -0.349 e. The van der Waals surface area contributed by atoms with Gasteiger partial charge >= 0.3 is 0 Å². The minimum absolute atomic E-state index is 0.150. The Morgan fingerprint density at radius 3 is 2.71 bits per heavy atom. The number of anilines is 1. The molecule has 4 rings (SSSR count). The van der Waals surface area contributed by atoms with Crippen molar-refractivity contribution in [1.29, 1.82) is 0 Å². The largest absolute Gasteiger partial charge is 0.349 e. The fraction of sp³-hybridized carbons (Fsp3) is 0.304. The van der Waals surface area contributed by atoms with Crippen molar-refractivity contribution < 1.29 is 9.59 Å². The second-order valence-electron chi connectivity index (χ2n) is 7.85. The van der Waals surface area contributed by atoms with Crippen LogP contribution in [0.15, 0.2) is 47.4 Å². The third-order valence-electron chi connectivity index (χ3n) is 5.57. The van der Waals surface area contributed by atoms with Crippen molar-refractivity contribution in [2.45, 2.75) is 45.2 Å². The maximum Gasteiger partial charge on any atom is 0.269 e. The zero-order valence-corrected chi connectivity index (χ0v) is 17.9. The maximum atomic E-state index is 12.6. The van der Waals surface area contributed by atoms with Crippen LogP contribution in [0.2, 0.25) is 5.02 Å². The number of benzene rings is 2. The van der Waals surface area contributed by atoms with Gasteiger partial charge in [0.1, 0.15) is 6.54 Å². The number of rotatable bonds is 5. The van der Waals surface area contributed by atoms with E-state index in [0.717, 1.165) is 31.2 Å². The second-order valence-corrected chi connectivity index (χ2v) is 8.28. The summed E-state index contributed by atoms with van der Waals surface area (Å²) in [7, 11) is 0. The Labute approximate surface area is 184 Å². The molecule has 0 radical (unpaired) electrons. The van der Waals surface area contributed by atoms with Gasteiger partial charge in [-0.2, -0.15) is 0 Å². The van der Waals surface area contributed by atoms with Crippen LogP contribution in [-0.2, 0) is 11.3 Å². The van der Waals surface area contributed by atoms with Crippen LogP contribution in [0.5, 0.6) is 0 Å². The molecular weight excluding hydrogens is 416 g/mol. The Bertz CT molecular complexity index is 1220. The van der Waals surface area contributed by atoms with E-state index < -0.39 is 5.56 Å². The Hall–Kier alpha value is -3.19. The molecule has 1 heterocycles. The molecule has 7 nitrogen and oxygen atoms in total. The molecule has 2 amide bonds. The van der Waals surface area contributed by atoms with Crippen LogP contribution >= 0.6 is 11.6 Å². The summed E-state index contributed by atoms with van der Waals surface area (Å²) in [4.78, 5) is 41.7. The number of hydrogen-bond donors (Lipinski definition) is 2. The fourth-order valence-corrected chi connectivity index (χ4v) is 4.05. The van der Waals surface area contributed by atoms with Crippen LogP contribution in [0, 0.1) is 6.92 Å². The van der Waals surface area contributed by atoms with E-state index in [1.165, 1.54) is 10.8 Å². The van der Waals surface area contributed by atoms with E-state index in [1.54, 1.807) is 30.3 Å². The summed E-state index contributed by atoms with van der Waals surface area (Å²) in [5.74, 6) is -0.509. The van der Waals surface area contributed by atoms with Gasteiger partial charge in [0.05, 0.1) is 17.2 Å². The Morgan fingerprint density at radius 2 is 1.94 bits per heavy atom. The zero-order valence-electron chi connectivity index (χ0n) is 17.2. The van der Waals surface area contributed by atoms with Gasteiger partial charge < -0.3 is 10.6 Å². The average molecular weight is 439 g/mol. The van der Waals surface area contributed by atoms with Crippen LogP contribution in [0.1, 0.15) is 41.6 Å². The molecule has 0 spiro atoms. The summed E-state index contributed by atoms with van der Waals surface area (Å²) < 4.78 is 1.34. The van der Waals surface area contributed by atoms with Crippen molar-refractivity contribution in [3.8, 4) is 0 Å². The number of nitrogens with zero attached hydrogens (tertiary/aromatic N) is 2. The van der Waals surface area contributed by atoms with Gasteiger partial charge in [-0.3, -0.25) is 19.0 Å². The zero-order chi connectivity index (χ0) is 22.0. The highest BCUT2D eigenvalue weighted by Crippen LogP contribution is 2.21. The number of carbonyl (C=O) groups excluding carboxylic acids is 2. The summed E-state index contributed by atoms with van der Waals surface area (Å²) in [6.45, 7) is 1.68. The van der Waals surface area contributed by atoms with Gasteiger partial charge in [0.15, 0.2) is 0 Å². The quantitative estimate of drug-likeness (QED) is 0.635. The molecule has 0 atom stereocenters. The molecule has 3 aromatic rings. The first kappa shape index (κ1) is 21.1. The van der Waals surface area contributed by atoms with E-state index >= 15 is 0 Å². The number of fused-ring (bicyclic) bond motifs is 1. The van der Waals surface area contributed by atoms with E-state index in [1.807, 2.05) is 13.0 Å². The van der Waals surface area contributed by atoms with Gasteiger partial charge in [-0.05, 0) is 55.7 Å². The highest BCUT2D eigenvalue weighted by molar-refractivity contribution is 6.31. The lowest BCUT2D eigenvalue weighted by molar-refractivity contribution is -0.116. The van der Waals surface area contributed by atoms with Crippen molar-refractivity contribution in [2.24, 2.45) is 0 Å². The van der Waals surface area contributed by atoms with Crippen LogP contribution in [0.3, 0.4) is 0 Å². The number of halogens is 1. The molecule has 0 aliphatic heterocycles. The van der Waals surface area contributed by atoms with Gasteiger partial charge in [0.2, 0.25) is 5.91 Å². The van der Waals surface area contributed by atoms with E-state index in [4.69, 9.17) is 11.6 Å². The molecule has 0 saturated heterocycles. The molecule has 160 valence electrons. The molecule has 0 bridgehead atoms. The van der Waals surface area contributed by atoms with Gasteiger partial charge in [-0.1, -0.05) is 30.5 Å². The number of nitrogens with one attached hydrogen (secondary N) is 2. The number of hydrogen-bond acceptors (Lipinski definition) is 4. The molecule has 0 unspecified atom stereocenters. The summed E-state index contributed by atoms with van der Waals surface area (Å²) >= 11 is 6.01. The Kier molecular flexibility index (Phi) is 6.04. The van der Waals surface area contributed by atoms with Crippen molar-refractivity contribution in [1.82, 2.24) is 14.9 Å². The van der Waals surface area contributed by atoms with Crippen molar-refractivity contribution in [2.75, 3.05) is 5.32 Å². The molecule has 1 aliphatic carbocycles. The van der Waals surface area contributed by atoms with Crippen LogP contribution in [-0.4, -0.2) is 27.4 Å². The fourth-order valence-electron chi connectivity index (χ4n) is 3.87. The summed E-state index contributed by atoms with van der Waals surface area (Å²) in [6.07, 6.45) is 5.43. The number of carbonyl (C=O) groups is 2. The number of aromatic nitrogens is 2. The Balaban J connectivity index is 1.56. The minimum atomic E-state index is -0.395. The van der Waals surface area contributed by atoms with Crippen LogP contribution in [0.25, 0.3) is 11.0 Å². The lowest BCUT2D eigenvalue weighted by Crippen LogP contribution is -2.32. The van der Waals surface area contributed by atoms with Gasteiger partial charge in [-0.25, -0.2) is 4.98 Å². The maximum absolute atomic E-state index is 12.6. The monoisotopic (exact) mass is 438 g/mol. The highest BCUT2D eigenvalue weighted by atomic mass is 35.5. The molecule has 1 aliphatic rings. The molecule has 8 heteroatoms. The molecule has 1 fully saturated rings. The Morgan fingerprint density at radius 1 is 1.16 bits per heavy atom. The van der Waals surface area contributed by atoms with Crippen molar-refractivity contribution in [3.05, 3.63) is 69.1 Å². The summed E-state index contributed by atoms with van der Waals surface area (Å²) in [6, 6.07) is 10.4. The van der Waals surface area contributed by atoms with E-state index in [9.17, 15) is 14.4 Å². The lowest BCUT2D eigenvalue weighted by atomic mass is 10.1. The number of aryl methyl sites for hydroxylation is 1. The van der Waals surface area contributed by atoms with Crippen LogP contribution < -0.4 is 16.2 Å². The lowest BCUT2D eigenvalue weighted by Gasteiger charge is -2.14. The first-order valence-corrected chi connectivity index (χ1v) is 10.6. The van der Waals surface area contributed by atoms with E-state index in [-0.39, 0.29) is 24.4 Å². The number of amides is 2. The summed E-state index contributed by atoms with van der Waals surface area (Å²) in [5.41, 5.74) is 2.51.